The second-order valence-corrected chi connectivity index (χ2v) is 3.67. The SMILES string of the molecule is COCCOCCCOc1ccnc(/C(N)=N/O)c1. The lowest BCUT2D eigenvalue weighted by atomic mass is 10.3. The van der Waals surface area contributed by atoms with Gasteiger partial charge < -0.3 is 25.2 Å². The van der Waals surface area contributed by atoms with Crippen LogP contribution in [0.5, 0.6) is 5.75 Å². The van der Waals surface area contributed by atoms with Crippen molar-refractivity contribution in [1.29, 1.82) is 0 Å². The average Bonchev–Trinajstić information content (AvgIpc) is 2.46. The minimum atomic E-state index is -0.0478. The van der Waals surface area contributed by atoms with Crippen molar-refractivity contribution in [1.82, 2.24) is 4.98 Å². The molecule has 0 unspecified atom stereocenters. The van der Waals surface area contributed by atoms with E-state index in [1.807, 2.05) is 0 Å². The molecule has 0 spiro atoms. The molecule has 0 aliphatic rings. The van der Waals surface area contributed by atoms with Crippen molar-refractivity contribution < 1.29 is 19.4 Å². The zero-order valence-corrected chi connectivity index (χ0v) is 10.9. The summed E-state index contributed by atoms with van der Waals surface area (Å²) in [6.07, 6.45) is 2.31. The highest BCUT2D eigenvalue weighted by molar-refractivity contribution is 5.95. The molecule has 0 aliphatic heterocycles. The molecule has 19 heavy (non-hydrogen) atoms. The third-order valence-electron chi connectivity index (χ3n) is 2.24. The standard InChI is InChI=1S/C12H19N3O4/c1-17-7-8-18-5-2-6-19-10-3-4-14-11(9-10)12(13)15-16/h3-4,9,16H,2,5-8H2,1H3,(H2,13,15). The first-order valence-electron chi connectivity index (χ1n) is 5.91. The van der Waals surface area contributed by atoms with Crippen LogP contribution in [-0.2, 0) is 9.47 Å². The molecule has 0 amide bonds. The van der Waals surface area contributed by atoms with Crippen molar-refractivity contribution in [3.05, 3.63) is 24.0 Å². The lowest BCUT2D eigenvalue weighted by Gasteiger charge is -2.07. The predicted octanol–water partition coefficient (Wildman–Crippen LogP) is 0.608. The first-order valence-corrected chi connectivity index (χ1v) is 5.91. The zero-order valence-electron chi connectivity index (χ0n) is 10.9. The van der Waals surface area contributed by atoms with Gasteiger partial charge in [0.25, 0.3) is 0 Å². The smallest absolute Gasteiger partial charge is 0.188 e. The lowest BCUT2D eigenvalue weighted by molar-refractivity contribution is 0.0644. The molecule has 0 fully saturated rings. The van der Waals surface area contributed by atoms with Crippen LogP contribution >= 0.6 is 0 Å². The van der Waals surface area contributed by atoms with Gasteiger partial charge in [0.05, 0.1) is 19.8 Å². The molecule has 106 valence electrons. The van der Waals surface area contributed by atoms with E-state index in [0.29, 0.717) is 37.9 Å². The molecule has 1 aromatic heterocycles. The highest BCUT2D eigenvalue weighted by atomic mass is 16.5. The Labute approximate surface area is 112 Å². The summed E-state index contributed by atoms with van der Waals surface area (Å²) < 4.78 is 15.7. The van der Waals surface area contributed by atoms with Crippen LogP contribution in [0.25, 0.3) is 0 Å². The maximum Gasteiger partial charge on any atom is 0.188 e. The number of oxime groups is 1. The van der Waals surface area contributed by atoms with Gasteiger partial charge in [-0.2, -0.15) is 0 Å². The van der Waals surface area contributed by atoms with Gasteiger partial charge in [0.1, 0.15) is 11.4 Å². The molecule has 1 aromatic rings. The Morgan fingerprint density at radius 1 is 1.37 bits per heavy atom. The van der Waals surface area contributed by atoms with Crippen LogP contribution < -0.4 is 10.5 Å². The number of hydrogen-bond acceptors (Lipinski definition) is 6. The molecule has 3 N–H and O–H groups in total. The van der Waals surface area contributed by atoms with E-state index in [0.717, 1.165) is 6.42 Å². The number of amidine groups is 1. The van der Waals surface area contributed by atoms with E-state index in [2.05, 4.69) is 10.1 Å². The molecule has 1 heterocycles. The normalized spacial score (nSPS) is 11.5. The van der Waals surface area contributed by atoms with Crippen LogP contribution in [0.4, 0.5) is 0 Å². The fraction of sp³-hybridized carbons (Fsp3) is 0.500. The quantitative estimate of drug-likeness (QED) is 0.224. The summed E-state index contributed by atoms with van der Waals surface area (Å²) in [6, 6.07) is 3.32. The number of aromatic nitrogens is 1. The molecular weight excluding hydrogens is 250 g/mol. The highest BCUT2D eigenvalue weighted by Gasteiger charge is 2.02. The minimum absolute atomic E-state index is 0.0478. The van der Waals surface area contributed by atoms with Gasteiger partial charge in [-0.15, -0.1) is 0 Å². The Kier molecular flexibility index (Phi) is 7.30. The fourth-order valence-corrected chi connectivity index (χ4v) is 1.29. The number of ether oxygens (including phenoxy) is 3. The van der Waals surface area contributed by atoms with E-state index in [1.54, 1.807) is 19.2 Å². The predicted molar refractivity (Wildman–Crippen MR) is 69.6 cm³/mol. The molecule has 0 bridgehead atoms. The van der Waals surface area contributed by atoms with Gasteiger partial charge in [-0.05, 0) is 6.07 Å². The number of hydrogen-bond donors (Lipinski definition) is 2. The van der Waals surface area contributed by atoms with Crippen molar-refractivity contribution in [2.24, 2.45) is 10.9 Å². The van der Waals surface area contributed by atoms with Crippen LogP contribution in [0.15, 0.2) is 23.5 Å². The van der Waals surface area contributed by atoms with Gasteiger partial charge in [-0.25, -0.2) is 0 Å². The van der Waals surface area contributed by atoms with Gasteiger partial charge in [-0.3, -0.25) is 4.98 Å². The Bertz CT molecular complexity index is 398. The molecule has 0 saturated carbocycles. The van der Waals surface area contributed by atoms with Crippen LogP contribution in [0, 0.1) is 0 Å². The Morgan fingerprint density at radius 3 is 2.95 bits per heavy atom. The van der Waals surface area contributed by atoms with E-state index in [1.165, 1.54) is 6.20 Å². The van der Waals surface area contributed by atoms with Crippen molar-refractivity contribution in [2.75, 3.05) is 33.5 Å². The molecule has 0 atom stereocenters. The Hall–Kier alpha value is -1.86. The van der Waals surface area contributed by atoms with Crippen molar-refractivity contribution >= 4 is 5.84 Å². The highest BCUT2D eigenvalue weighted by Crippen LogP contribution is 2.11. The monoisotopic (exact) mass is 269 g/mol. The van der Waals surface area contributed by atoms with E-state index in [-0.39, 0.29) is 5.84 Å². The number of methoxy groups -OCH3 is 1. The van der Waals surface area contributed by atoms with Gasteiger partial charge in [0.15, 0.2) is 5.84 Å². The van der Waals surface area contributed by atoms with Gasteiger partial charge in [0.2, 0.25) is 0 Å². The lowest BCUT2D eigenvalue weighted by Crippen LogP contribution is -2.15. The average molecular weight is 269 g/mol. The Balaban J connectivity index is 2.26. The minimum Gasteiger partial charge on any atom is -0.493 e. The fourth-order valence-electron chi connectivity index (χ4n) is 1.29. The van der Waals surface area contributed by atoms with Gasteiger partial charge in [0, 0.05) is 32.4 Å². The van der Waals surface area contributed by atoms with Crippen LogP contribution in [-0.4, -0.2) is 49.6 Å². The van der Waals surface area contributed by atoms with Gasteiger partial charge >= 0.3 is 0 Å². The largest absolute Gasteiger partial charge is 0.493 e. The summed E-state index contributed by atoms with van der Waals surface area (Å²) in [4.78, 5) is 3.95. The molecule has 0 aliphatic carbocycles. The van der Waals surface area contributed by atoms with Gasteiger partial charge in [-0.1, -0.05) is 5.16 Å². The molecule has 7 nitrogen and oxygen atoms in total. The summed E-state index contributed by atoms with van der Waals surface area (Å²) in [5.74, 6) is 0.571. The summed E-state index contributed by atoms with van der Waals surface area (Å²) in [5, 5.41) is 11.4. The molecular formula is C12H19N3O4. The summed E-state index contributed by atoms with van der Waals surface area (Å²) >= 11 is 0. The molecule has 0 aromatic carbocycles. The van der Waals surface area contributed by atoms with Crippen molar-refractivity contribution in [3.63, 3.8) is 0 Å². The summed E-state index contributed by atoms with van der Waals surface area (Å²) in [7, 11) is 1.63. The second-order valence-electron chi connectivity index (χ2n) is 3.67. The third kappa shape index (κ3) is 6.03. The third-order valence-corrected chi connectivity index (χ3v) is 2.24. The van der Waals surface area contributed by atoms with Crippen LogP contribution in [0.2, 0.25) is 0 Å². The second kappa shape index (κ2) is 9.12. The first-order chi connectivity index (χ1) is 9.27. The molecule has 1 rings (SSSR count). The van der Waals surface area contributed by atoms with Crippen molar-refractivity contribution in [3.8, 4) is 5.75 Å². The van der Waals surface area contributed by atoms with Crippen LogP contribution in [0.1, 0.15) is 12.1 Å². The first kappa shape index (κ1) is 15.2. The zero-order chi connectivity index (χ0) is 13.9. The van der Waals surface area contributed by atoms with E-state index >= 15 is 0 Å². The summed E-state index contributed by atoms with van der Waals surface area (Å²) in [6.45, 7) is 2.31. The van der Waals surface area contributed by atoms with Crippen molar-refractivity contribution in [2.45, 2.75) is 6.42 Å². The number of rotatable bonds is 9. The maximum absolute atomic E-state index is 8.55. The Morgan fingerprint density at radius 2 is 2.21 bits per heavy atom. The van der Waals surface area contributed by atoms with E-state index < -0.39 is 0 Å². The number of nitrogens with zero attached hydrogens (tertiary/aromatic N) is 2. The van der Waals surface area contributed by atoms with E-state index in [9.17, 15) is 0 Å². The maximum atomic E-state index is 8.55. The van der Waals surface area contributed by atoms with Crippen LogP contribution in [0.3, 0.4) is 0 Å². The molecule has 7 heteroatoms. The molecule has 0 saturated heterocycles. The molecule has 0 radical (unpaired) electrons. The number of nitrogens with two attached hydrogens (primary N) is 1. The topological polar surface area (TPSA) is 99.2 Å². The number of pyridine rings is 1. The van der Waals surface area contributed by atoms with E-state index in [4.69, 9.17) is 25.2 Å². The summed E-state index contributed by atoms with van der Waals surface area (Å²) in [5.41, 5.74) is 5.81.